The number of hydrogen-bond donors (Lipinski definition) is 0. The molecule has 4 heterocycles. The van der Waals surface area contributed by atoms with Gasteiger partial charge in [-0.25, -0.2) is 4.98 Å². The molecule has 11 aromatic rings. The van der Waals surface area contributed by atoms with Gasteiger partial charge in [-0.3, -0.25) is 9.13 Å². The second-order valence-electron chi connectivity index (χ2n) is 15.4. The summed E-state index contributed by atoms with van der Waals surface area (Å²) < 4.78 is 13.5. The third kappa shape index (κ3) is 5.84. The van der Waals surface area contributed by atoms with E-state index in [4.69, 9.17) is 9.72 Å². The van der Waals surface area contributed by atoms with Gasteiger partial charge in [0.2, 0.25) is 0 Å². The zero-order valence-corrected chi connectivity index (χ0v) is 33.5. The molecule has 0 bridgehead atoms. The fourth-order valence-corrected chi connectivity index (χ4v) is 9.16. The maximum Gasteiger partial charge on any atom is 0.421 e. The van der Waals surface area contributed by atoms with Crippen molar-refractivity contribution in [3.8, 4) is 28.6 Å². The van der Waals surface area contributed by atoms with E-state index in [0.29, 0.717) is 5.75 Å². The SMILES string of the molecule is [c-]1n(-c2cccc(Oc3ccc4c(c3)N(c3ccccn3)B(c3ccccc3)N4c3ccccc3)c2)c2ccccc2[n+]1-c1cccc2c3ccccc3n(-c3ccccc3)c12. The molecular weight excluding hydrogens is 759 g/mol. The van der Waals surface area contributed by atoms with Crippen molar-refractivity contribution in [3.05, 3.63) is 231 Å². The summed E-state index contributed by atoms with van der Waals surface area (Å²) in [5.41, 5.74) is 11.7. The predicted octanol–water partition coefficient (Wildman–Crippen LogP) is 11.7. The first-order valence-electron chi connectivity index (χ1n) is 20.8. The van der Waals surface area contributed by atoms with Gasteiger partial charge in [-0.05, 0) is 84.3 Å². The van der Waals surface area contributed by atoms with Gasteiger partial charge in [-0.15, -0.1) is 0 Å². The monoisotopic (exact) mass is 796 g/mol. The molecule has 0 radical (unpaired) electrons. The Morgan fingerprint density at radius 1 is 0.484 bits per heavy atom. The molecule has 0 unspecified atom stereocenters. The maximum absolute atomic E-state index is 6.79. The Bertz CT molecular complexity index is 3410. The lowest BCUT2D eigenvalue weighted by molar-refractivity contribution is -0.571. The number of rotatable bonds is 8. The van der Waals surface area contributed by atoms with Crippen molar-refractivity contribution in [3.63, 3.8) is 0 Å². The first-order chi connectivity index (χ1) is 30.8. The molecule has 0 N–H and O–H groups in total. The Kier molecular flexibility index (Phi) is 8.45. The summed E-state index contributed by atoms with van der Waals surface area (Å²) in [5, 5.41) is 2.40. The Balaban J connectivity index is 0.962. The van der Waals surface area contributed by atoms with Crippen molar-refractivity contribution in [1.82, 2.24) is 14.1 Å². The highest BCUT2D eigenvalue weighted by Gasteiger charge is 2.44. The molecule has 292 valence electrons. The number of anilines is 4. The van der Waals surface area contributed by atoms with Crippen LogP contribution in [-0.4, -0.2) is 21.1 Å². The maximum atomic E-state index is 6.79. The van der Waals surface area contributed by atoms with Gasteiger partial charge in [-0.2, -0.15) is 0 Å². The van der Waals surface area contributed by atoms with Gasteiger partial charge in [0, 0.05) is 34.4 Å². The largest absolute Gasteiger partial charge is 0.458 e. The van der Waals surface area contributed by atoms with E-state index in [0.717, 1.165) is 73.2 Å². The second-order valence-corrected chi connectivity index (χ2v) is 15.4. The second kappa shape index (κ2) is 14.7. The highest BCUT2D eigenvalue weighted by molar-refractivity contribution is 6.84. The first-order valence-corrected chi connectivity index (χ1v) is 20.8. The highest BCUT2D eigenvalue weighted by atomic mass is 16.5. The average molecular weight is 797 g/mol. The third-order valence-electron chi connectivity index (χ3n) is 11.8. The predicted molar refractivity (Wildman–Crippen MR) is 251 cm³/mol. The smallest absolute Gasteiger partial charge is 0.421 e. The van der Waals surface area contributed by atoms with Crippen molar-refractivity contribution in [2.75, 3.05) is 9.62 Å². The molecule has 0 saturated carbocycles. The number of imidazole rings is 1. The van der Waals surface area contributed by atoms with Crippen LogP contribution in [0.1, 0.15) is 0 Å². The lowest BCUT2D eigenvalue weighted by Crippen LogP contribution is -2.53. The van der Waals surface area contributed by atoms with Crippen LogP contribution in [0.5, 0.6) is 11.5 Å². The van der Waals surface area contributed by atoms with Crippen LogP contribution in [0.2, 0.25) is 0 Å². The van der Waals surface area contributed by atoms with Crippen LogP contribution in [0, 0.1) is 6.33 Å². The summed E-state index contributed by atoms with van der Waals surface area (Å²) in [6.07, 6.45) is 5.62. The van der Waals surface area contributed by atoms with Gasteiger partial charge in [0.1, 0.15) is 17.3 Å². The summed E-state index contributed by atoms with van der Waals surface area (Å²) in [7, 11) is 0. The molecule has 1 aliphatic heterocycles. The van der Waals surface area contributed by atoms with Crippen LogP contribution in [0.4, 0.5) is 22.9 Å². The van der Waals surface area contributed by atoms with Gasteiger partial charge in [0.05, 0.1) is 44.8 Å². The minimum Gasteiger partial charge on any atom is -0.458 e. The van der Waals surface area contributed by atoms with Crippen LogP contribution < -0.4 is 24.4 Å². The molecule has 0 spiro atoms. The summed E-state index contributed by atoms with van der Waals surface area (Å²) in [5.74, 6) is 2.29. The number of benzene rings is 8. The summed E-state index contributed by atoms with van der Waals surface area (Å²) >= 11 is 0. The molecule has 0 fully saturated rings. The highest BCUT2D eigenvalue weighted by Crippen LogP contribution is 2.47. The zero-order valence-electron chi connectivity index (χ0n) is 33.5. The number of nitrogens with zero attached hydrogens (tertiary/aromatic N) is 6. The van der Waals surface area contributed by atoms with Gasteiger partial charge < -0.3 is 18.9 Å². The van der Waals surface area contributed by atoms with Gasteiger partial charge in [0.15, 0.2) is 0 Å². The first kappa shape index (κ1) is 35.6. The lowest BCUT2D eigenvalue weighted by atomic mass is 9.65. The Hall–Kier alpha value is -8.36. The summed E-state index contributed by atoms with van der Waals surface area (Å²) in [4.78, 5) is 9.55. The van der Waals surface area contributed by atoms with Crippen molar-refractivity contribution in [2.45, 2.75) is 0 Å². The van der Waals surface area contributed by atoms with Crippen LogP contribution in [0.3, 0.4) is 0 Å². The van der Waals surface area contributed by atoms with Crippen molar-refractivity contribution in [2.24, 2.45) is 0 Å². The summed E-state index contributed by atoms with van der Waals surface area (Å²) in [6.45, 7) is -0.175. The zero-order chi connectivity index (χ0) is 41.0. The topological polar surface area (TPSA) is 42.3 Å². The average Bonchev–Trinajstić information content (AvgIpc) is 4.01. The lowest BCUT2D eigenvalue weighted by Gasteiger charge is -2.29. The van der Waals surface area contributed by atoms with E-state index in [1.807, 2.05) is 30.5 Å². The van der Waals surface area contributed by atoms with Gasteiger partial charge in [-0.1, -0.05) is 133 Å². The van der Waals surface area contributed by atoms with E-state index >= 15 is 0 Å². The Morgan fingerprint density at radius 3 is 1.95 bits per heavy atom. The number of ether oxygens (including phenoxy) is 1. The molecule has 0 aliphatic carbocycles. The van der Waals surface area contributed by atoms with E-state index < -0.39 is 0 Å². The molecule has 12 rings (SSSR count). The fraction of sp³-hybridized carbons (Fsp3) is 0. The molecule has 1 aliphatic rings. The minimum atomic E-state index is -0.175. The third-order valence-corrected chi connectivity index (χ3v) is 11.8. The van der Waals surface area contributed by atoms with Gasteiger partial charge in [0.25, 0.3) is 6.33 Å². The Morgan fingerprint density at radius 2 is 1.15 bits per heavy atom. The van der Waals surface area contributed by atoms with Crippen LogP contribution >= 0.6 is 0 Å². The molecule has 8 aromatic carbocycles. The number of pyridine rings is 1. The van der Waals surface area contributed by atoms with Gasteiger partial charge >= 0.3 is 6.98 Å². The minimum absolute atomic E-state index is 0.175. The van der Waals surface area contributed by atoms with Crippen molar-refractivity contribution >= 4 is 68.2 Å². The van der Waals surface area contributed by atoms with E-state index in [2.05, 4.69) is 224 Å². The number of hydrogen-bond acceptors (Lipinski definition) is 4. The molecule has 0 saturated heterocycles. The molecule has 8 heteroatoms. The fourth-order valence-electron chi connectivity index (χ4n) is 9.16. The molecule has 0 atom stereocenters. The van der Waals surface area contributed by atoms with E-state index in [-0.39, 0.29) is 6.98 Å². The van der Waals surface area contributed by atoms with E-state index in [9.17, 15) is 0 Å². The molecule has 7 nitrogen and oxygen atoms in total. The van der Waals surface area contributed by atoms with E-state index in [1.165, 1.54) is 10.8 Å². The molecule has 3 aromatic heterocycles. The number of aromatic nitrogens is 4. The normalized spacial score (nSPS) is 12.4. The number of para-hydroxylation sites is 6. The van der Waals surface area contributed by atoms with Crippen molar-refractivity contribution < 1.29 is 9.30 Å². The Labute approximate surface area is 359 Å². The molecule has 0 amide bonds. The van der Waals surface area contributed by atoms with Crippen molar-refractivity contribution in [1.29, 1.82) is 0 Å². The quantitative estimate of drug-likeness (QED) is 0.0873. The molecule has 62 heavy (non-hydrogen) atoms. The molecular formula is C54H37BN6O. The van der Waals surface area contributed by atoms with E-state index in [1.54, 1.807) is 0 Å². The number of fused-ring (bicyclic) bond motifs is 5. The van der Waals surface area contributed by atoms with Crippen LogP contribution in [0.25, 0.3) is 49.9 Å². The van der Waals surface area contributed by atoms with Crippen LogP contribution in [0.15, 0.2) is 225 Å². The standard InChI is InChI=1S/C54H37BN6O/c1-4-18-39(19-5-1)55-60(41-22-8-3-9-23-41)50-34-33-44(37-52(50)61(55)53-32-14-15-35-56-53)62-43-25-16-24-42(36-43)57-38-58(49-30-13-12-29-48(49)57)51-31-17-27-46-45-26-10-11-28-47(45)59(54(46)51)40-20-6-2-7-21-40/h1-37H. The van der Waals surface area contributed by atoms with Crippen LogP contribution in [-0.2, 0) is 0 Å². The summed E-state index contributed by atoms with van der Waals surface area (Å²) in [6, 6.07) is 76.1.